The second-order valence-electron chi connectivity index (χ2n) is 8.94. The number of pyridine rings is 1. The molecule has 0 aliphatic rings. The van der Waals surface area contributed by atoms with Gasteiger partial charge in [0.1, 0.15) is 16.8 Å². The van der Waals surface area contributed by atoms with Crippen molar-refractivity contribution in [3.63, 3.8) is 0 Å². The summed E-state index contributed by atoms with van der Waals surface area (Å²) in [5, 5.41) is 13.5. The molecule has 8 nitrogen and oxygen atoms in total. The Hall–Kier alpha value is -4.71. The summed E-state index contributed by atoms with van der Waals surface area (Å²) in [4.78, 5) is 18.0. The van der Waals surface area contributed by atoms with Gasteiger partial charge in [-0.25, -0.2) is 9.42 Å². The van der Waals surface area contributed by atoms with Crippen LogP contribution in [0.25, 0.3) is 11.0 Å². The van der Waals surface area contributed by atoms with Crippen molar-refractivity contribution in [1.82, 2.24) is 20.6 Å². The van der Waals surface area contributed by atoms with Crippen molar-refractivity contribution in [1.29, 1.82) is 0 Å². The lowest BCUT2D eigenvalue weighted by atomic mass is 9.80. The minimum Gasteiger partial charge on any atom is -0.428 e. The Morgan fingerprint density at radius 1 is 0.976 bits per heavy atom. The lowest BCUT2D eigenvalue weighted by Gasteiger charge is -2.35. The van der Waals surface area contributed by atoms with Crippen LogP contribution in [0.15, 0.2) is 95.8 Å². The van der Waals surface area contributed by atoms with Crippen LogP contribution in [-0.4, -0.2) is 33.9 Å². The highest BCUT2D eigenvalue weighted by atomic mass is 35.5. The van der Waals surface area contributed by atoms with E-state index in [-0.39, 0.29) is 23.4 Å². The van der Waals surface area contributed by atoms with Gasteiger partial charge in [0.05, 0.1) is 16.4 Å². The molecule has 5 aromatic rings. The van der Waals surface area contributed by atoms with Crippen molar-refractivity contribution in [2.24, 2.45) is 0 Å². The molecule has 0 saturated carbocycles. The summed E-state index contributed by atoms with van der Waals surface area (Å²) in [6, 6.07) is 21.4. The van der Waals surface area contributed by atoms with Gasteiger partial charge in [0, 0.05) is 12.6 Å². The molecule has 0 spiro atoms. The van der Waals surface area contributed by atoms with Crippen molar-refractivity contribution in [3.05, 3.63) is 113 Å². The number of ether oxygens (including phenoxy) is 1. The van der Waals surface area contributed by atoms with E-state index in [2.05, 4.69) is 30.7 Å². The molecule has 2 N–H and O–H groups in total. The molecule has 2 heterocycles. The third kappa shape index (κ3) is 6.07. The van der Waals surface area contributed by atoms with Crippen LogP contribution >= 0.6 is 11.6 Å². The summed E-state index contributed by atoms with van der Waals surface area (Å²) in [5.74, 6) is -0.542. The molecule has 5 rings (SSSR count). The number of nitrogens with zero attached hydrogens (tertiary/aromatic N) is 3. The molecule has 0 aliphatic carbocycles. The summed E-state index contributed by atoms with van der Waals surface area (Å²) < 4.78 is 62.6. The number of aromatic nitrogens is 3. The number of benzene rings is 3. The number of rotatable bonds is 9. The lowest BCUT2D eigenvalue weighted by Crippen LogP contribution is -2.50. The molecule has 0 aliphatic heterocycles. The number of halogens is 5. The Morgan fingerprint density at radius 3 is 2.49 bits per heavy atom. The van der Waals surface area contributed by atoms with E-state index in [1.165, 1.54) is 18.3 Å². The monoisotopic (exact) mass is 585 g/mol. The lowest BCUT2D eigenvalue weighted by molar-refractivity contribution is -0.253. The number of alkyl halides is 4. The number of anilines is 1. The predicted octanol–water partition coefficient (Wildman–Crippen LogP) is 6.82. The molecule has 0 saturated heterocycles. The first kappa shape index (κ1) is 27.8. The van der Waals surface area contributed by atoms with Crippen LogP contribution in [-0.2, 0) is 12.0 Å². The smallest absolute Gasteiger partial charge is 0.428 e. The van der Waals surface area contributed by atoms with Crippen molar-refractivity contribution in [2.45, 2.75) is 24.5 Å². The van der Waals surface area contributed by atoms with Gasteiger partial charge < -0.3 is 15.4 Å². The minimum atomic E-state index is -4.74. The van der Waals surface area contributed by atoms with Crippen LogP contribution in [0.3, 0.4) is 0 Å². The molecular weight excluding hydrogens is 566 g/mol. The molecule has 2 aromatic heterocycles. The Bertz CT molecular complexity index is 1650. The van der Waals surface area contributed by atoms with Crippen LogP contribution < -0.4 is 15.4 Å². The maximum Gasteiger partial charge on any atom is 0.461 e. The first-order valence-corrected chi connectivity index (χ1v) is 12.5. The second-order valence-corrected chi connectivity index (χ2v) is 9.37. The predicted molar refractivity (Wildman–Crippen MR) is 142 cm³/mol. The summed E-state index contributed by atoms with van der Waals surface area (Å²) in [6.07, 6.45) is -7.37. The molecule has 2 amide bonds. The normalized spacial score (nSPS) is 13.1. The molecule has 41 heavy (non-hydrogen) atoms. The Balaban J connectivity index is 1.62. The van der Waals surface area contributed by atoms with E-state index in [0.717, 1.165) is 17.7 Å². The molecule has 210 valence electrons. The van der Waals surface area contributed by atoms with Gasteiger partial charge in [0.25, 0.3) is 0 Å². The molecule has 0 bridgehead atoms. The van der Waals surface area contributed by atoms with E-state index in [1.54, 1.807) is 60.7 Å². The Morgan fingerprint density at radius 2 is 1.76 bits per heavy atom. The highest BCUT2D eigenvalue weighted by Gasteiger charge is 2.44. The van der Waals surface area contributed by atoms with Gasteiger partial charge in [-0.1, -0.05) is 60.1 Å². The average Bonchev–Trinajstić information content (AvgIpc) is 3.44. The number of fused-ring (bicyclic) bond motifs is 1. The van der Waals surface area contributed by atoms with Crippen LogP contribution in [0.1, 0.15) is 16.8 Å². The average molecular weight is 586 g/mol. The zero-order chi connectivity index (χ0) is 29.0. The summed E-state index contributed by atoms with van der Waals surface area (Å²) in [6.45, 7) is 0. The van der Waals surface area contributed by atoms with Gasteiger partial charge in [-0.2, -0.15) is 17.6 Å². The highest BCUT2D eigenvalue weighted by molar-refractivity contribution is 6.30. The Labute approximate surface area is 235 Å². The van der Waals surface area contributed by atoms with E-state index >= 15 is 0 Å². The molecule has 3 aromatic carbocycles. The van der Waals surface area contributed by atoms with Gasteiger partial charge >= 0.3 is 18.6 Å². The van der Waals surface area contributed by atoms with E-state index in [1.807, 2.05) is 0 Å². The van der Waals surface area contributed by atoms with E-state index in [9.17, 15) is 22.4 Å². The minimum absolute atomic E-state index is 0.0697. The number of hydrogen-bond donors (Lipinski definition) is 2. The molecular formula is C28H20ClF4N5O3. The summed E-state index contributed by atoms with van der Waals surface area (Å²) >= 11 is 6.09. The number of carbonyl (C=O) groups excluding carboxylic acids is 1. The van der Waals surface area contributed by atoms with Crippen LogP contribution in [0.2, 0.25) is 5.02 Å². The van der Waals surface area contributed by atoms with Gasteiger partial charge in [-0.05, 0) is 57.8 Å². The van der Waals surface area contributed by atoms with Crippen molar-refractivity contribution in [3.8, 4) is 5.75 Å². The van der Waals surface area contributed by atoms with Crippen LogP contribution in [0.4, 0.5) is 28.0 Å². The first-order chi connectivity index (χ1) is 19.7. The van der Waals surface area contributed by atoms with Gasteiger partial charge in [0.2, 0.25) is 0 Å². The maximum absolute atomic E-state index is 13.8. The van der Waals surface area contributed by atoms with E-state index in [4.69, 9.17) is 16.2 Å². The fourth-order valence-corrected chi connectivity index (χ4v) is 4.44. The van der Waals surface area contributed by atoms with E-state index < -0.39 is 29.9 Å². The van der Waals surface area contributed by atoms with Crippen molar-refractivity contribution < 1.29 is 31.7 Å². The first-order valence-electron chi connectivity index (χ1n) is 12.1. The van der Waals surface area contributed by atoms with Crippen LogP contribution in [0, 0.1) is 0 Å². The highest BCUT2D eigenvalue weighted by Crippen LogP contribution is 2.37. The standard InChI is InChI=1S/C28H20ClF4N5O3/c29-19-12-13-23(34-16-19)27(15-17-6-2-1-3-7-17,18-8-4-9-20(14-18)40-28(32,33)25(30)31)36-26(39)35-21-10-5-11-22-24(21)38-41-37-22/h1-14,16,25H,15H2,(H2,35,36,39)/t27-/m0/s1. The topological polar surface area (TPSA) is 102 Å². The van der Waals surface area contributed by atoms with Gasteiger partial charge in [-0.3, -0.25) is 4.98 Å². The fraction of sp³-hybridized carbons (Fsp3) is 0.143. The molecule has 0 unspecified atom stereocenters. The van der Waals surface area contributed by atoms with Gasteiger partial charge in [0.15, 0.2) is 5.52 Å². The molecule has 0 radical (unpaired) electrons. The van der Waals surface area contributed by atoms with Crippen molar-refractivity contribution >= 4 is 34.4 Å². The number of carbonyl (C=O) groups is 1. The van der Waals surface area contributed by atoms with Gasteiger partial charge in [-0.15, -0.1) is 0 Å². The number of hydrogen-bond acceptors (Lipinski definition) is 6. The third-order valence-electron chi connectivity index (χ3n) is 6.17. The Kier molecular flexibility index (Phi) is 7.75. The molecule has 1 atom stereocenters. The summed E-state index contributed by atoms with van der Waals surface area (Å²) in [5.41, 5.74) is 0.679. The SMILES string of the molecule is O=C(Nc1cccc2nonc12)N[C@@](Cc1ccccc1)(c1cccc(OC(F)(F)C(F)F)c1)c1ccc(Cl)cn1. The number of amides is 2. The van der Waals surface area contributed by atoms with Crippen LogP contribution in [0.5, 0.6) is 5.75 Å². The zero-order valence-electron chi connectivity index (χ0n) is 20.9. The second kappa shape index (κ2) is 11.4. The maximum atomic E-state index is 13.8. The van der Waals surface area contributed by atoms with E-state index in [0.29, 0.717) is 16.1 Å². The summed E-state index contributed by atoms with van der Waals surface area (Å²) in [7, 11) is 0. The molecule has 0 fully saturated rings. The third-order valence-corrected chi connectivity index (χ3v) is 6.40. The largest absolute Gasteiger partial charge is 0.461 e. The quantitative estimate of drug-likeness (QED) is 0.184. The zero-order valence-corrected chi connectivity index (χ0v) is 21.7. The molecule has 13 heteroatoms. The number of urea groups is 1. The fourth-order valence-electron chi connectivity index (χ4n) is 4.33. The van der Waals surface area contributed by atoms with Crippen molar-refractivity contribution in [2.75, 3.05) is 5.32 Å². The number of nitrogens with one attached hydrogen (secondary N) is 2.